The fraction of sp³-hybridized carbons (Fsp3) is 0.417. The lowest BCUT2D eigenvalue weighted by molar-refractivity contribution is 0.282. The molecule has 0 aromatic heterocycles. The topological polar surface area (TPSA) is 45.0 Å². The van der Waals surface area contributed by atoms with E-state index >= 15 is 0 Å². The van der Waals surface area contributed by atoms with E-state index in [-0.39, 0.29) is 12.1 Å². The molecule has 1 aromatic carbocycles. The molecule has 0 saturated carbocycles. The van der Waals surface area contributed by atoms with Crippen LogP contribution in [0.4, 0.5) is 0 Å². The van der Waals surface area contributed by atoms with Crippen molar-refractivity contribution in [2.75, 3.05) is 6.61 Å². The van der Waals surface area contributed by atoms with E-state index in [1.807, 2.05) is 44.2 Å². The molecule has 1 aromatic rings. The quantitative estimate of drug-likeness (QED) is 0.797. The van der Waals surface area contributed by atoms with Gasteiger partial charge in [0, 0.05) is 6.04 Å². The molecule has 0 amide bonds. The number of benzene rings is 1. The Kier molecular flexibility index (Phi) is 4.65. The third-order valence-electron chi connectivity index (χ3n) is 1.85. The van der Waals surface area contributed by atoms with Gasteiger partial charge in [0.25, 0.3) is 0 Å². The van der Waals surface area contributed by atoms with Gasteiger partial charge in [0.05, 0.1) is 6.07 Å². The first-order valence-corrected chi connectivity index (χ1v) is 5.06. The predicted molar refractivity (Wildman–Crippen MR) is 59.6 cm³/mol. The third kappa shape index (κ3) is 4.48. The highest BCUT2D eigenvalue weighted by atomic mass is 16.5. The minimum atomic E-state index is -0.259. The van der Waals surface area contributed by atoms with Gasteiger partial charge in [-0.05, 0) is 26.0 Å². The zero-order valence-electron chi connectivity index (χ0n) is 9.10. The van der Waals surface area contributed by atoms with Crippen LogP contribution >= 0.6 is 0 Å². The van der Waals surface area contributed by atoms with E-state index in [2.05, 4.69) is 11.4 Å². The normalized spacial score (nSPS) is 12.1. The van der Waals surface area contributed by atoms with E-state index in [4.69, 9.17) is 10.00 Å². The van der Waals surface area contributed by atoms with Crippen molar-refractivity contribution in [2.45, 2.75) is 25.9 Å². The van der Waals surface area contributed by atoms with E-state index < -0.39 is 0 Å². The Hall–Kier alpha value is -1.53. The Balaban J connectivity index is 2.39. The summed E-state index contributed by atoms with van der Waals surface area (Å²) >= 11 is 0. The number of nitrogens with zero attached hydrogens (tertiary/aromatic N) is 1. The summed E-state index contributed by atoms with van der Waals surface area (Å²) in [6.45, 7) is 4.39. The van der Waals surface area contributed by atoms with Crippen molar-refractivity contribution >= 4 is 0 Å². The van der Waals surface area contributed by atoms with Crippen molar-refractivity contribution in [1.29, 1.82) is 5.26 Å². The van der Waals surface area contributed by atoms with Crippen molar-refractivity contribution in [1.82, 2.24) is 5.32 Å². The lowest BCUT2D eigenvalue weighted by Gasteiger charge is -2.15. The van der Waals surface area contributed by atoms with Gasteiger partial charge in [-0.3, -0.25) is 5.32 Å². The molecule has 0 aliphatic carbocycles. The molecule has 0 bridgehead atoms. The highest BCUT2D eigenvalue weighted by molar-refractivity contribution is 5.21. The molecule has 1 N–H and O–H groups in total. The van der Waals surface area contributed by atoms with Gasteiger partial charge in [-0.2, -0.15) is 5.26 Å². The smallest absolute Gasteiger partial charge is 0.130 e. The molecule has 0 saturated heterocycles. The molecule has 0 fully saturated rings. The first-order chi connectivity index (χ1) is 7.22. The van der Waals surface area contributed by atoms with Crippen molar-refractivity contribution in [3.63, 3.8) is 0 Å². The summed E-state index contributed by atoms with van der Waals surface area (Å²) in [7, 11) is 0. The highest BCUT2D eigenvalue weighted by Gasteiger charge is 2.08. The third-order valence-corrected chi connectivity index (χ3v) is 1.85. The monoisotopic (exact) mass is 204 g/mol. The van der Waals surface area contributed by atoms with E-state index in [1.54, 1.807) is 0 Å². The van der Waals surface area contributed by atoms with Gasteiger partial charge in [0.15, 0.2) is 0 Å². The number of nitrogens with one attached hydrogen (secondary N) is 1. The molecule has 1 rings (SSSR count). The van der Waals surface area contributed by atoms with Gasteiger partial charge in [0.1, 0.15) is 18.4 Å². The molecule has 3 heteroatoms. The number of hydrogen-bond acceptors (Lipinski definition) is 3. The maximum Gasteiger partial charge on any atom is 0.130 e. The van der Waals surface area contributed by atoms with Gasteiger partial charge < -0.3 is 4.74 Å². The molecule has 15 heavy (non-hydrogen) atoms. The minimum Gasteiger partial charge on any atom is -0.491 e. The first-order valence-electron chi connectivity index (χ1n) is 5.06. The number of para-hydroxylation sites is 1. The second-order valence-electron chi connectivity index (χ2n) is 3.63. The fourth-order valence-corrected chi connectivity index (χ4v) is 1.22. The standard InChI is InChI=1S/C12H16N2O/c1-10(2)14-11(8-13)9-15-12-6-4-3-5-7-12/h3-7,10-11,14H,9H2,1-2H3. The molecule has 0 radical (unpaired) electrons. The molecule has 0 aliphatic heterocycles. The summed E-state index contributed by atoms with van der Waals surface area (Å²) in [4.78, 5) is 0. The predicted octanol–water partition coefficient (Wildman–Crippen LogP) is 1.96. The molecular formula is C12H16N2O. The summed E-state index contributed by atoms with van der Waals surface area (Å²) in [6.07, 6.45) is 0. The van der Waals surface area contributed by atoms with Crippen LogP contribution in [0.5, 0.6) is 5.75 Å². The average molecular weight is 204 g/mol. The Labute approximate surface area is 90.7 Å². The SMILES string of the molecule is CC(C)NC(C#N)COc1ccccc1. The molecule has 0 aliphatic rings. The maximum absolute atomic E-state index is 8.86. The van der Waals surface area contributed by atoms with Crippen molar-refractivity contribution in [3.05, 3.63) is 30.3 Å². The minimum absolute atomic E-state index is 0.259. The van der Waals surface area contributed by atoms with Crippen LogP contribution in [0.15, 0.2) is 30.3 Å². The number of rotatable bonds is 5. The molecule has 1 atom stereocenters. The van der Waals surface area contributed by atoms with E-state index in [0.29, 0.717) is 6.61 Å². The van der Waals surface area contributed by atoms with Gasteiger partial charge in [-0.25, -0.2) is 0 Å². The van der Waals surface area contributed by atoms with Gasteiger partial charge >= 0.3 is 0 Å². The lowest BCUT2D eigenvalue weighted by Crippen LogP contribution is -2.37. The van der Waals surface area contributed by atoms with E-state index in [9.17, 15) is 0 Å². The van der Waals surface area contributed by atoms with Crippen LogP contribution in [-0.2, 0) is 0 Å². The van der Waals surface area contributed by atoms with Crippen LogP contribution in [0, 0.1) is 11.3 Å². The van der Waals surface area contributed by atoms with E-state index in [1.165, 1.54) is 0 Å². The first kappa shape index (κ1) is 11.5. The number of ether oxygens (including phenoxy) is 1. The van der Waals surface area contributed by atoms with Gasteiger partial charge in [0.2, 0.25) is 0 Å². The Morgan fingerprint density at radius 2 is 2.00 bits per heavy atom. The van der Waals surface area contributed by atoms with Crippen LogP contribution in [0.2, 0.25) is 0 Å². The van der Waals surface area contributed by atoms with Crippen molar-refractivity contribution in [3.8, 4) is 11.8 Å². The van der Waals surface area contributed by atoms with Crippen molar-refractivity contribution < 1.29 is 4.74 Å². The molecule has 1 unspecified atom stereocenters. The van der Waals surface area contributed by atoms with Gasteiger partial charge in [-0.1, -0.05) is 18.2 Å². The molecule has 80 valence electrons. The second kappa shape index (κ2) is 6.05. The summed E-state index contributed by atoms with van der Waals surface area (Å²) in [6, 6.07) is 11.7. The number of nitriles is 1. The Bertz CT molecular complexity index is 316. The van der Waals surface area contributed by atoms with Crippen LogP contribution in [0.3, 0.4) is 0 Å². The highest BCUT2D eigenvalue weighted by Crippen LogP contribution is 2.08. The zero-order chi connectivity index (χ0) is 11.1. The molecule has 0 spiro atoms. The number of hydrogen-bond donors (Lipinski definition) is 1. The maximum atomic E-state index is 8.86. The Morgan fingerprint density at radius 3 is 2.53 bits per heavy atom. The molecular weight excluding hydrogens is 188 g/mol. The van der Waals surface area contributed by atoms with Crippen molar-refractivity contribution in [2.24, 2.45) is 0 Å². The fourth-order valence-electron chi connectivity index (χ4n) is 1.22. The Morgan fingerprint density at radius 1 is 1.33 bits per heavy atom. The summed E-state index contributed by atoms with van der Waals surface area (Å²) in [5.41, 5.74) is 0. The summed E-state index contributed by atoms with van der Waals surface area (Å²) in [5.74, 6) is 0.795. The largest absolute Gasteiger partial charge is 0.491 e. The second-order valence-corrected chi connectivity index (χ2v) is 3.63. The van der Waals surface area contributed by atoms with E-state index in [0.717, 1.165) is 5.75 Å². The van der Waals surface area contributed by atoms with Gasteiger partial charge in [-0.15, -0.1) is 0 Å². The molecule has 3 nitrogen and oxygen atoms in total. The average Bonchev–Trinajstić information content (AvgIpc) is 2.25. The van der Waals surface area contributed by atoms with Crippen LogP contribution in [0.1, 0.15) is 13.8 Å². The van der Waals surface area contributed by atoms with Crippen LogP contribution < -0.4 is 10.1 Å². The summed E-state index contributed by atoms with van der Waals surface area (Å²) in [5, 5.41) is 12.0. The zero-order valence-corrected chi connectivity index (χ0v) is 9.10. The summed E-state index contributed by atoms with van der Waals surface area (Å²) < 4.78 is 5.47. The van der Waals surface area contributed by atoms with Crippen LogP contribution in [0.25, 0.3) is 0 Å². The lowest BCUT2D eigenvalue weighted by atomic mass is 10.3. The molecule has 0 heterocycles. The van der Waals surface area contributed by atoms with Crippen LogP contribution in [-0.4, -0.2) is 18.7 Å².